The van der Waals surface area contributed by atoms with Crippen LogP contribution in [0.2, 0.25) is 5.02 Å². The second-order valence-corrected chi connectivity index (χ2v) is 9.74. The molecule has 1 aliphatic rings. The van der Waals surface area contributed by atoms with E-state index in [-0.39, 0.29) is 17.6 Å². The van der Waals surface area contributed by atoms with Gasteiger partial charge in [-0.15, -0.1) is 0 Å². The third-order valence-electron chi connectivity index (χ3n) is 5.09. The van der Waals surface area contributed by atoms with Crippen molar-refractivity contribution in [3.05, 3.63) is 100 Å². The monoisotopic (exact) mass is 463 g/mol. The minimum atomic E-state index is -3.75. The SMILES string of the molecule is O=S(=O)(Cc1cc(F)cc(F)c1)NC1CN(C(c2ccc(Cl)cc2)c2cccnc2)C1. The number of halogens is 3. The van der Waals surface area contributed by atoms with Gasteiger partial charge in [0.2, 0.25) is 10.0 Å². The molecule has 5 nitrogen and oxygen atoms in total. The molecule has 2 aromatic carbocycles. The van der Waals surface area contributed by atoms with Gasteiger partial charge in [-0.25, -0.2) is 21.9 Å². The Bertz CT molecular complexity index is 1130. The fraction of sp³-hybridized carbons (Fsp3) is 0.227. The van der Waals surface area contributed by atoms with E-state index >= 15 is 0 Å². The van der Waals surface area contributed by atoms with Crippen LogP contribution in [0.1, 0.15) is 22.7 Å². The molecule has 0 spiro atoms. The number of benzene rings is 2. The first-order chi connectivity index (χ1) is 14.8. The Morgan fingerprint density at radius 3 is 2.35 bits per heavy atom. The van der Waals surface area contributed by atoms with E-state index < -0.39 is 27.4 Å². The topological polar surface area (TPSA) is 62.3 Å². The maximum Gasteiger partial charge on any atom is 0.216 e. The summed E-state index contributed by atoms with van der Waals surface area (Å²) < 4.78 is 54.3. The Balaban J connectivity index is 1.45. The predicted octanol–water partition coefficient (Wildman–Crippen LogP) is 3.91. The van der Waals surface area contributed by atoms with Crippen molar-refractivity contribution in [2.75, 3.05) is 13.1 Å². The van der Waals surface area contributed by atoms with Crippen LogP contribution in [0.3, 0.4) is 0 Å². The summed E-state index contributed by atoms with van der Waals surface area (Å²) in [6.45, 7) is 0.970. The maximum atomic E-state index is 13.4. The standard InChI is InChI=1S/C22H20ClF2N3O2S/c23-18-5-3-16(4-6-18)22(17-2-1-7-26-11-17)28-12-21(13-28)27-31(29,30)14-15-8-19(24)10-20(25)9-15/h1-11,21-22,27H,12-14H2. The molecule has 3 aromatic rings. The lowest BCUT2D eigenvalue weighted by Gasteiger charge is -2.44. The van der Waals surface area contributed by atoms with Crippen molar-refractivity contribution in [2.45, 2.75) is 17.8 Å². The second-order valence-electron chi connectivity index (χ2n) is 7.55. The molecule has 9 heteroatoms. The summed E-state index contributed by atoms with van der Waals surface area (Å²) in [5.74, 6) is -2.09. The van der Waals surface area contributed by atoms with Gasteiger partial charge in [0.25, 0.3) is 0 Å². The zero-order valence-electron chi connectivity index (χ0n) is 16.4. The number of nitrogens with one attached hydrogen (secondary N) is 1. The molecule has 31 heavy (non-hydrogen) atoms. The average molecular weight is 464 g/mol. The van der Waals surface area contributed by atoms with E-state index in [0.29, 0.717) is 24.2 Å². The highest BCUT2D eigenvalue weighted by atomic mass is 35.5. The van der Waals surface area contributed by atoms with Crippen LogP contribution in [0, 0.1) is 11.6 Å². The molecule has 1 fully saturated rings. The summed E-state index contributed by atoms with van der Waals surface area (Å²) in [5, 5.41) is 0.636. The van der Waals surface area contributed by atoms with Gasteiger partial charge in [0, 0.05) is 42.6 Å². The van der Waals surface area contributed by atoms with Crippen molar-refractivity contribution in [3.8, 4) is 0 Å². The average Bonchev–Trinajstić information content (AvgIpc) is 2.67. The quantitative estimate of drug-likeness (QED) is 0.577. The van der Waals surface area contributed by atoms with E-state index in [1.807, 2.05) is 36.4 Å². The van der Waals surface area contributed by atoms with Gasteiger partial charge in [-0.05, 0) is 47.0 Å². The lowest BCUT2D eigenvalue weighted by atomic mass is 9.94. The minimum absolute atomic E-state index is 0.0654. The summed E-state index contributed by atoms with van der Waals surface area (Å²) in [5.41, 5.74) is 2.07. The van der Waals surface area contributed by atoms with Gasteiger partial charge >= 0.3 is 0 Å². The largest absolute Gasteiger partial charge is 0.289 e. The number of rotatable bonds is 7. The molecular weight excluding hydrogens is 444 g/mol. The Kier molecular flexibility index (Phi) is 6.34. The summed E-state index contributed by atoms with van der Waals surface area (Å²) >= 11 is 6.02. The molecule has 0 aliphatic carbocycles. The highest BCUT2D eigenvalue weighted by Crippen LogP contribution is 2.32. The molecule has 0 bridgehead atoms. The van der Waals surface area contributed by atoms with Crippen LogP contribution in [-0.4, -0.2) is 37.4 Å². The Morgan fingerprint density at radius 2 is 1.74 bits per heavy atom. The van der Waals surface area contributed by atoms with Crippen molar-refractivity contribution in [1.29, 1.82) is 0 Å². The van der Waals surface area contributed by atoms with Crippen LogP contribution < -0.4 is 4.72 Å². The molecule has 0 saturated carbocycles. The fourth-order valence-electron chi connectivity index (χ4n) is 3.80. The van der Waals surface area contributed by atoms with Gasteiger partial charge in [-0.1, -0.05) is 29.8 Å². The highest BCUT2D eigenvalue weighted by Gasteiger charge is 2.36. The number of hydrogen-bond donors (Lipinski definition) is 1. The van der Waals surface area contributed by atoms with E-state index in [1.165, 1.54) is 0 Å². The van der Waals surface area contributed by atoms with Crippen LogP contribution >= 0.6 is 11.6 Å². The number of aromatic nitrogens is 1. The molecule has 1 unspecified atom stereocenters. The molecule has 4 rings (SSSR count). The molecule has 1 saturated heterocycles. The van der Waals surface area contributed by atoms with Crippen molar-refractivity contribution >= 4 is 21.6 Å². The van der Waals surface area contributed by atoms with Crippen LogP contribution in [0.5, 0.6) is 0 Å². The van der Waals surface area contributed by atoms with Crippen molar-refractivity contribution in [1.82, 2.24) is 14.6 Å². The molecule has 1 aliphatic heterocycles. The van der Waals surface area contributed by atoms with Gasteiger partial charge in [0.05, 0.1) is 11.8 Å². The third-order valence-corrected chi connectivity index (χ3v) is 6.74. The molecule has 0 amide bonds. The van der Waals surface area contributed by atoms with Crippen molar-refractivity contribution in [2.24, 2.45) is 0 Å². The molecule has 1 atom stereocenters. The zero-order valence-corrected chi connectivity index (χ0v) is 18.0. The molecule has 0 radical (unpaired) electrons. The van der Waals surface area contributed by atoms with Gasteiger partial charge < -0.3 is 0 Å². The summed E-state index contributed by atoms with van der Waals surface area (Å²) in [6.07, 6.45) is 3.49. The van der Waals surface area contributed by atoms with E-state index in [0.717, 1.165) is 23.3 Å². The molecule has 1 aromatic heterocycles. The Labute approximate surface area is 184 Å². The first-order valence-corrected chi connectivity index (χ1v) is 11.7. The zero-order chi connectivity index (χ0) is 22.0. The van der Waals surface area contributed by atoms with E-state index in [9.17, 15) is 17.2 Å². The lowest BCUT2D eigenvalue weighted by Crippen LogP contribution is -2.60. The Morgan fingerprint density at radius 1 is 1.06 bits per heavy atom. The van der Waals surface area contributed by atoms with Gasteiger partial charge in [-0.3, -0.25) is 9.88 Å². The smallest absolute Gasteiger partial charge is 0.216 e. The number of likely N-dealkylation sites (tertiary alicyclic amines) is 1. The number of nitrogens with zero attached hydrogens (tertiary/aromatic N) is 2. The lowest BCUT2D eigenvalue weighted by molar-refractivity contribution is 0.105. The first kappa shape index (κ1) is 21.8. The van der Waals surface area contributed by atoms with Crippen LogP contribution in [-0.2, 0) is 15.8 Å². The molecule has 2 heterocycles. The van der Waals surface area contributed by atoms with Crippen LogP contribution in [0.15, 0.2) is 67.0 Å². The van der Waals surface area contributed by atoms with E-state index in [4.69, 9.17) is 11.6 Å². The maximum absolute atomic E-state index is 13.4. The number of sulfonamides is 1. The van der Waals surface area contributed by atoms with Crippen LogP contribution in [0.4, 0.5) is 8.78 Å². The summed E-state index contributed by atoms with van der Waals surface area (Å²) in [4.78, 5) is 6.34. The molecular formula is C22H20ClF2N3O2S. The van der Waals surface area contributed by atoms with Gasteiger partial charge in [0.1, 0.15) is 11.6 Å². The first-order valence-electron chi connectivity index (χ1n) is 9.63. The fourth-order valence-corrected chi connectivity index (χ4v) is 5.28. The minimum Gasteiger partial charge on any atom is -0.289 e. The highest BCUT2D eigenvalue weighted by molar-refractivity contribution is 7.88. The van der Waals surface area contributed by atoms with Gasteiger partial charge in [-0.2, -0.15) is 0 Å². The number of pyridine rings is 1. The molecule has 162 valence electrons. The summed E-state index contributed by atoms with van der Waals surface area (Å²) in [6, 6.07) is 13.7. The van der Waals surface area contributed by atoms with Crippen molar-refractivity contribution < 1.29 is 17.2 Å². The predicted molar refractivity (Wildman–Crippen MR) is 115 cm³/mol. The third kappa shape index (κ3) is 5.46. The normalized spacial score (nSPS) is 16.1. The second kappa shape index (κ2) is 9.00. The van der Waals surface area contributed by atoms with Gasteiger partial charge in [0.15, 0.2) is 0 Å². The molecule has 1 N–H and O–H groups in total. The van der Waals surface area contributed by atoms with E-state index in [1.54, 1.807) is 12.4 Å². The van der Waals surface area contributed by atoms with Crippen molar-refractivity contribution in [3.63, 3.8) is 0 Å². The number of hydrogen-bond acceptors (Lipinski definition) is 4. The summed E-state index contributed by atoms with van der Waals surface area (Å²) in [7, 11) is -3.75. The Hall–Kier alpha value is -2.39. The van der Waals surface area contributed by atoms with E-state index in [2.05, 4.69) is 14.6 Å². The van der Waals surface area contributed by atoms with Crippen LogP contribution in [0.25, 0.3) is 0 Å².